The molecule has 10 heteroatoms. The highest BCUT2D eigenvalue weighted by Gasteiger charge is 2.31. The Hall–Kier alpha value is -2.29. The Bertz CT molecular complexity index is 1150. The van der Waals surface area contributed by atoms with Gasteiger partial charge in [0, 0.05) is 22.1 Å². The van der Waals surface area contributed by atoms with Crippen LogP contribution in [-0.2, 0) is 26.2 Å². The van der Waals surface area contributed by atoms with Crippen LogP contribution in [0, 0.1) is 6.92 Å². The van der Waals surface area contributed by atoms with Crippen molar-refractivity contribution in [1.82, 2.24) is 10.2 Å². The normalized spacial score (nSPS) is 12.7. The molecule has 0 bridgehead atoms. The summed E-state index contributed by atoms with van der Waals surface area (Å²) in [5.41, 5.74) is 1.20. The molecule has 0 saturated carbocycles. The van der Waals surface area contributed by atoms with E-state index in [1.807, 2.05) is 20.8 Å². The van der Waals surface area contributed by atoms with Crippen LogP contribution in [0.1, 0.15) is 38.8 Å². The second kappa shape index (κ2) is 11.0. The zero-order valence-electron chi connectivity index (χ0n) is 20.2. The van der Waals surface area contributed by atoms with E-state index >= 15 is 0 Å². The number of amides is 2. The Morgan fingerprint density at radius 3 is 2.09 bits per heavy atom. The van der Waals surface area contributed by atoms with E-state index in [9.17, 15) is 18.0 Å². The van der Waals surface area contributed by atoms with Gasteiger partial charge in [0.15, 0.2) is 0 Å². The van der Waals surface area contributed by atoms with Gasteiger partial charge in [0.25, 0.3) is 0 Å². The zero-order chi connectivity index (χ0) is 25.8. The summed E-state index contributed by atoms with van der Waals surface area (Å²) in [5, 5.41) is 3.88. The molecule has 34 heavy (non-hydrogen) atoms. The lowest BCUT2D eigenvalue weighted by molar-refractivity contribution is -0.140. The van der Waals surface area contributed by atoms with Crippen molar-refractivity contribution in [3.8, 4) is 0 Å². The van der Waals surface area contributed by atoms with Crippen LogP contribution in [0.15, 0.2) is 42.5 Å². The van der Waals surface area contributed by atoms with E-state index in [1.54, 1.807) is 56.3 Å². The first-order valence-electron chi connectivity index (χ1n) is 10.7. The van der Waals surface area contributed by atoms with Crippen molar-refractivity contribution in [1.29, 1.82) is 0 Å². The summed E-state index contributed by atoms with van der Waals surface area (Å²) in [7, 11) is -3.81. The van der Waals surface area contributed by atoms with Crippen LogP contribution in [0.25, 0.3) is 0 Å². The molecule has 0 aliphatic rings. The highest BCUT2D eigenvalue weighted by Crippen LogP contribution is 2.26. The molecular weight excluding hydrogens is 497 g/mol. The number of hydrogen-bond donors (Lipinski definition) is 1. The third kappa shape index (κ3) is 7.89. The molecule has 1 N–H and O–H groups in total. The third-order valence-corrected chi connectivity index (χ3v) is 6.65. The molecule has 0 aliphatic heterocycles. The predicted molar refractivity (Wildman–Crippen MR) is 138 cm³/mol. The minimum atomic E-state index is -3.81. The van der Waals surface area contributed by atoms with Gasteiger partial charge in [0.2, 0.25) is 21.8 Å². The Balaban J connectivity index is 2.43. The molecule has 186 valence electrons. The number of sulfonamides is 1. The average molecular weight is 529 g/mol. The Morgan fingerprint density at radius 1 is 1.03 bits per heavy atom. The molecule has 1 atom stereocenters. The molecule has 0 aromatic heterocycles. The number of nitrogens with zero attached hydrogens (tertiary/aromatic N) is 2. The van der Waals surface area contributed by atoms with Crippen molar-refractivity contribution < 1.29 is 18.0 Å². The molecule has 0 spiro atoms. The Labute approximate surface area is 212 Å². The molecule has 7 nitrogen and oxygen atoms in total. The van der Waals surface area contributed by atoms with E-state index in [4.69, 9.17) is 23.2 Å². The number of anilines is 1. The summed E-state index contributed by atoms with van der Waals surface area (Å²) in [5.74, 6) is -0.866. The summed E-state index contributed by atoms with van der Waals surface area (Å²) >= 11 is 12.0. The quantitative estimate of drug-likeness (QED) is 0.551. The second-order valence-electron chi connectivity index (χ2n) is 9.26. The van der Waals surface area contributed by atoms with Gasteiger partial charge < -0.3 is 10.2 Å². The molecule has 0 heterocycles. The van der Waals surface area contributed by atoms with Crippen molar-refractivity contribution in [3.05, 3.63) is 63.6 Å². The largest absolute Gasteiger partial charge is 0.350 e. The fraction of sp³-hybridized carbons (Fsp3) is 0.417. The van der Waals surface area contributed by atoms with Crippen molar-refractivity contribution >= 4 is 50.7 Å². The lowest BCUT2D eigenvalue weighted by Crippen LogP contribution is -2.54. The first-order chi connectivity index (χ1) is 15.6. The minimum Gasteiger partial charge on any atom is -0.350 e. The van der Waals surface area contributed by atoms with Gasteiger partial charge >= 0.3 is 0 Å². The van der Waals surface area contributed by atoms with Gasteiger partial charge in [-0.25, -0.2) is 8.42 Å². The van der Waals surface area contributed by atoms with Gasteiger partial charge in [-0.05, 0) is 76.1 Å². The summed E-state index contributed by atoms with van der Waals surface area (Å²) < 4.78 is 26.3. The molecule has 2 aromatic rings. The minimum absolute atomic E-state index is 0.103. The van der Waals surface area contributed by atoms with E-state index < -0.39 is 34.1 Å². The Kier molecular flexibility index (Phi) is 9.02. The third-order valence-electron chi connectivity index (χ3n) is 5.04. The van der Waals surface area contributed by atoms with E-state index in [-0.39, 0.29) is 12.5 Å². The van der Waals surface area contributed by atoms with Gasteiger partial charge in [-0.1, -0.05) is 35.3 Å². The molecule has 0 unspecified atom stereocenters. The maximum Gasteiger partial charge on any atom is 0.244 e. The molecule has 0 radical (unpaired) electrons. The molecule has 0 aliphatic carbocycles. The van der Waals surface area contributed by atoms with Gasteiger partial charge in [-0.3, -0.25) is 13.9 Å². The van der Waals surface area contributed by atoms with Crippen molar-refractivity contribution in [2.75, 3.05) is 17.1 Å². The number of nitrogens with one attached hydrogen (secondary N) is 1. The van der Waals surface area contributed by atoms with E-state index in [1.165, 1.54) is 4.90 Å². The molecule has 2 rings (SSSR count). The van der Waals surface area contributed by atoms with Crippen molar-refractivity contribution in [3.63, 3.8) is 0 Å². The summed E-state index contributed by atoms with van der Waals surface area (Å²) in [6.45, 7) is 8.50. The summed E-state index contributed by atoms with van der Waals surface area (Å²) in [6, 6.07) is 10.8. The Morgan fingerprint density at radius 2 is 1.59 bits per heavy atom. The number of rotatable bonds is 8. The number of halogens is 2. The predicted octanol–water partition coefficient (Wildman–Crippen LogP) is 4.40. The first-order valence-corrected chi connectivity index (χ1v) is 13.3. The molecule has 0 fully saturated rings. The standard InChI is InChI=1S/C24H31Cl2N3O4S/c1-16-13-20(26)11-12-21(16)29(34(6,32)33)15-22(30)28(14-18-7-9-19(25)10-8-18)17(2)23(31)27-24(3,4)5/h7-13,17H,14-15H2,1-6H3,(H,27,31)/t17-/m0/s1. The summed E-state index contributed by atoms with van der Waals surface area (Å²) in [6.07, 6.45) is 1.04. The van der Waals surface area contributed by atoms with Crippen molar-refractivity contribution in [2.24, 2.45) is 0 Å². The van der Waals surface area contributed by atoms with Crippen LogP contribution in [0.4, 0.5) is 5.69 Å². The SMILES string of the molecule is Cc1cc(Cl)ccc1N(CC(=O)N(Cc1ccc(Cl)cc1)[C@@H](C)C(=O)NC(C)(C)C)S(C)(=O)=O. The van der Waals surface area contributed by atoms with Crippen LogP contribution >= 0.6 is 23.2 Å². The number of carbonyl (C=O) groups is 2. The average Bonchev–Trinajstić information content (AvgIpc) is 2.69. The smallest absolute Gasteiger partial charge is 0.244 e. The molecule has 0 saturated heterocycles. The number of benzene rings is 2. The molecule has 2 amide bonds. The van der Waals surface area contributed by atoms with Gasteiger partial charge in [-0.15, -0.1) is 0 Å². The number of carbonyl (C=O) groups excluding carboxylic acids is 2. The second-order valence-corrected chi connectivity index (χ2v) is 12.0. The van der Waals surface area contributed by atoms with E-state index in [0.717, 1.165) is 16.1 Å². The highest BCUT2D eigenvalue weighted by molar-refractivity contribution is 7.92. The topological polar surface area (TPSA) is 86.8 Å². The number of hydrogen-bond acceptors (Lipinski definition) is 4. The van der Waals surface area contributed by atoms with Gasteiger partial charge in [0.05, 0.1) is 11.9 Å². The lowest BCUT2D eigenvalue weighted by Gasteiger charge is -2.33. The molecule has 2 aromatic carbocycles. The highest BCUT2D eigenvalue weighted by atomic mass is 35.5. The number of aryl methyl sites for hydroxylation is 1. The fourth-order valence-electron chi connectivity index (χ4n) is 3.34. The summed E-state index contributed by atoms with van der Waals surface area (Å²) in [4.78, 5) is 27.8. The van der Waals surface area contributed by atoms with E-state index in [2.05, 4.69) is 5.32 Å². The van der Waals surface area contributed by atoms with Crippen LogP contribution in [-0.4, -0.2) is 49.5 Å². The van der Waals surface area contributed by atoms with Gasteiger partial charge in [-0.2, -0.15) is 0 Å². The van der Waals surface area contributed by atoms with Crippen LogP contribution in [0.2, 0.25) is 10.0 Å². The first kappa shape index (κ1) is 28.0. The van der Waals surface area contributed by atoms with Crippen LogP contribution in [0.3, 0.4) is 0 Å². The maximum atomic E-state index is 13.5. The lowest BCUT2D eigenvalue weighted by atomic mass is 10.1. The van der Waals surface area contributed by atoms with E-state index in [0.29, 0.717) is 21.3 Å². The van der Waals surface area contributed by atoms with Crippen LogP contribution < -0.4 is 9.62 Å². The maximum absolute atomic E-state index is 13.5. The fourth-order valence-corrected chi connectivity index (χ4v) is 4.60. The van der Waals surface area contributed by atoms with Crippen LogP contribution in [0.5, 0.6) is 0 Å². The monoisotopic (exact) mass is 527 g/mol. The molecular formula is C24H31Cl2N3O4S. The van der Waals surface area contributed by atoms with Crippen molar-refractivity contribution in [2.45, 2.75) is 52.7 Å². The zero-order valence-corrected chi connectivity index (χ0v) is 22.6. The van der Waals surface area contributed by atoms with Gasteiger partial charge in [0.1, 0.15) is 12.6 Å².